The molecule has 1 heterocycles. The van der Waals surface area contributed by atoms with E-state index in [1.165, 1.54) is 0 Å². The highest BCUT2D eigenvalue weighted by atomic mass is 16.5. The van der Waals surface area contributed by atoms with Gasteiger partial charge in [0, 0.05) is 32.5 Å². The first-order valence-corrected chi connectivity index (χ1v) is 6.68. The molecule has 0 aliphatic heterocycles. The number of amides is 1. The van der Waals surface area contributed by atoms with Gasteiger partial charge in [-0.25, -0.2) is 0 Å². The van der Waals surface area contributed by atoms with Gasteiger partial charge >= 0.3 is 0 Å². The van der Waals surface area contributed by atoms with Gasteiger partial charge in [0.25, 0.3) is 0 Å². The van der Waals surface area contributed by atoms with Gasteiger partial charge in [-0.15, -0.1) is 5.10 Å². The van der Waals surface area contributed by atoms with E-state index in [0.29, 0.717) is 32.8 Å². The van der Waals surface area contributed by atoms with Crippen LogP contribution in [0.2, 0.25) is 0 Å². The highest BCUT2D eigenvalue weighted by Gasteiger charge is 2.04. The van der Waals surface area contributed by atoms with Crippen molar-refractivity contribution < 1.29 is 14.3 Å². The Morgan fingerprint density at radius 2 is 2.10 bits per heavy atom. The van der Waals surface area contributed by atoms with Gasteiger partial charge in [-0.05, 0) is 12.8 Å². The van der Waals surface area contributed by atoms with Crippen LogP contribution in [0.1, 0.15) is 12.8 Å². The Balaban J connectivity index is 1.89. The van der Waals surface area contributed by atoms with Crippen LogP contribution in [-0.2, 0) is 20.8 Å². The molecule has 0 saturated heterocycles. The highest BCUT2D eigenvalue weighted by molar-refractivity contribution is 5.76. The molecule has 0 aliphatic carbocycles. The molecule has 0 aliphatic rings. The Kier molecular flexibility index (Phi) is 8.52. The zero-order valence-corrected chi connectivity index (χ0v) is 11.8. The summed E-state index contributed by atoms with van der Waals surface area (Å²) in [7, 11) is 1.58. The van der Waals surface area contributed by atoms with E-state index in [0.717, 1.165) is 6.42 Å². The highest BCUT2D eigenvalue weighted by Crippen LogP contribution is 1.96. The number of nitrogens with two attached hydrogens (primary N) is 1. The molecule has 8 nitrogen and oxygen atoms in total. The predicted octanol–water partition coefficient (Wildman–Crippen LogP) is -0.835. The second-order valence-electron chi connectivity index (χ2n) is 4.34. The minimum atomic E-state index is -0.130. The molecule has 1 aromatic heterocycles. The molecule has 1 unspecified atom stereocenters. The Bertz CT molecular complexity index is 358. The van der Waals surface area contributed by atoms with Gasteiger partial charge in [-0.3, -0.25) is 9.48 Å². The van der Waals surface area contributed by atoms with Crippen LogP contribution in [-0.4, -0.2) is 60.4 Å². The lowest BCUT2D eigenvalue weighted by molar-refractivity contribution is -0.125. The second-order valence-corrected chi connectivity index (χ2v) is 4.34. The number of hydrogen-bond donors (Lipinski definition) is 2. The summed E-state index contributed by atoms with van der Waals surface area (Å²) in [6.07, 6.45) is 4.90. The Labute approximate surface area is 118 Å². The molecule has 0 saturated carbocycles. The zero-order valence-electron chi connectivity index (χ0n) is 11.8. The van der Waals surface area contributed by atoms with Gasteiger partial charge < -0.3 is 20.5 Å². The fourth-order valence-corrected chi connectivity index (χ4v) is 1.46. The number of carbonyl (C=O) groups is 1. The fourth-order valence-electron chi connectivity index (χ4n) is 1.46. The Morgan fingerprint density at radius 1 is 1.35 bits per heavy atom. The van der Waals surface area contributed by atoms with Crippen molar-refractivity contribution in [2.75, 3.05) is 33.5 Å². The molecule has 1 rings (SSSR count). The monoisotopic (exact) mass is 285 g/mol. The molecule has 0 aromatic carbocycles. The van der Waals surface area contributed by atoms with Gasteiger partial charge in [0.15, 0.2) is 0 Å². The van der Waals surface area contributed by atoms with Crippen LogP contribution in [0, 0.1) is 0 Å². The minimum Gasteiger partial charge on any atom is -0.379 e. The van der Waals surface area contributed by atoms with Crippen molar-refractivity contribution in [1.82, 2.24) is 20.3 Å². The minimum absolute atomic E-state index is 0.0195. The van der Waals surface area contributed by atoms with Crippen LogP contribution >= 0.6 is 0 Å². The van der Waals surface area contributed by atoms with Crippen LogP contribution < -0.4 is 11.1 Å². The van der Waals surface area contributed by atoms with E-state index in [-0.39, 0.29) is 18.6 Å². The van der Waals surface area contributed by atoms with Crippen molar-refractivity contribution in [3.8, 4) is 0 Å². The molecule has 0 radical (unpaired) electrons. The first-order chi connectivity index (χ1) is 9.72. The third-order valence-corrected chi connectivity index (χ3v) is 2.71. The lowest BCUT2D eigenvalue weighted by atomic mass is 10.2. The largest absolute Gasteiger partial charge is 0.379 e. The maximum Gasteiger partial charge on any atom is 0.245 e. The van der Waals surface area contributed by atoms with E-state index in [4.69, 9.17) is 15.2 Å². The van der Waals surface area contributed by atoms with E-state index in [1.807, 2.05) is 0 Å². The lowest BCUT2D eigenvalue weighted by Gasteiger charge is -2.12. The number of aromatic nitrogens is 3. The van der Waals surface area contributed by atoms with Crippen molar-refractivity contribution in [1.29, 1.82) is 0 Å². The number of rotatable bonds is 11. The lowest BCUT2D eigenvalue weighted by Crippen LogP contribution is -2.27. The molecule has 0 bridgehead atoms. The molecule has 1 amide bonds. The second kappa shape index (κ2) is 10.3. The van der Waals surface area contributed by atoms with Crippen LogP contribution in [0.5, 0.6) is 0 Å². The van der Waals surface area contributed by atoms with Crippen molar-refractivity contribution in [2.45, 2.75) is 25.4 Å². The van der Waals surface area contributed by atoms with Gasteiger partial charge in [0.1, 0.15) is 6.61 Å². The summed E-state index contributed by atoms with van der Waals surface area (Å²) in [4.78, 5) is 10.9. The van der Waals surface area contributed by atoms with Crippen molar-refractivity contribution in [3.05, 3.63) is 12.4 Å². The summed E-state index contributed by atoms with van der Waals surface area (Å²) in [6.45, 7) is 2.43. The number of likely N-dealkylation sites (N-methyl/N-ethyl adjacent to an activating group) is 1. The molecule has 0 spiro atoms. The van der Waals surface area contributed by atoms with Gasteiger partial charge in [0.2, 0.25) is 5.91 Å². The molecule has 0 fully saturated rings. The number of hydrogen-bond acceptors (Lipinski definition) is 6. The fraction of sp³-hybridized carbons (Fsp3) is 0.750. The first kappa shape index (κ1) is 16.5. The summed E-state index contributed by atoms with van der Waals surface area (Å²) >= 11 is 0. The van der Waals surface area contributed by atoms with Crippen molar-refractivity contribution in [3.63, 3.8) is 0 Å². The SMILES string of the molecule is CNC(=O)COCCC(N)CCOCCn1ccnn1. The summed E-state index contributed by atoms with van der Waals surface area (Å²) in [5.41, 5.74) is 5.91. The van der Waals surface area contributed by atoms with Gasteiger partial charge in [0.05, 0.1) is 19.3 Å². The Hall–Kier alpha value is -1.51. The van der Waals surface area contributed by atoms with Crippen molar-refractivity contribution in [2.24, 2.45) is 5.73 Å². The molecular weight excluding hydrogens is 262 g/mol. The molecule has 3 N–H and O–H groups in total. The quantitative estimate of drug-likeness (QED) is 0.514. The number of nitrogens with zero attached hydrogens (tertiary/aromatic N) is 3. The zero-order chi connectivity index (χ0) is 14.6. The van der Waals surface area contributed by atoms with Crippen LogP contribution in [0.4, 0.5) is 0 Å². The topological polar surface area (TPSA) is 104 Å². The molecule has 114 valence electrons. The predicted molar refractivity (Wildman–Crippen MR) is 72.9 cm³/mol. The summed E-state index contributed by atoms with van der Waals surface area (Å²) in [5, 5.41) is 10.0. The van der Waals surface area contributed by atoms with E-state index in [2.05, 4.69) is 15.6 Å². The third-order valence-electron chi connectivity index (χ3n) is 2.71. The molecule has 1 atom stereocenters. The van der Waals surface area contributed by atoms with E-state index in [1.54, 1.807) is 24.1 Å². The molecule has 20 heavy (non-hydrogen) atoms. The summed E-state index contributed by atoms with van der Waals surface area (Å²) in [6, 6.07) is 0.0195. The number of carbonyl (C=O) groups excluding carboxylic acids is 1. The van der Waals surface area contributed by atoms with E-state index >= 15 is 0 Å². The van der Waals surface area contributed by atoms with Crippen LogP contribution in [0.3, 0.4) is 0 Å². The Morgan fingerprint density at radius 3 is 2.75 bits per heavy atom. The smallest absolute Gasteiger partial charge is 0.245 e. The molecule has 8 heteroatoms. The van der Waals surface area contributed by atoms with Crippen LogP contribution in [0.25, 0.3) is 0 Å². The van der Waals surface area contributed by atoms with Gasteiger partial charge in [-0.1, -0.05) is 5.21 Å². The van der Waals surface area contributed by atoms with E-state index < -0.39 is 0 Å². The maximum atomic E-state index is 10.9. The number of nitrogens with one attached hydrogen (secondary N) is 1. The van der Waals surface area contributed by atoms with Gasteiger partial charge in [-0.2, -0.15) is 0 Å². The summed E-state index contributed by atoms with van der Waals surface area (Å²) in [5.74, 6) is -0.130. The van der Waals surface area contributed by atoms with Crippen molar-refractivity contribution >= 4 is 5.91 Å². The van der Waals surface area contributed by atoms with E-state index in [9.17, 15) is 4.79 Å². The molecular formula is C12H23N5O3. The van der Waals surface area contributed by atoms with Crippen LogP contribution in [0.15, 0.2) is 12.4 Å². The summed E-state index contributed by atoms with van der Waals surface area (Å²) < 4.78 is 12.4. The standard InChI is InChI=1S/C12H23N5O3/c1-14-12(18)10-20-8-3-11(13)2-7-19-9-6-17-5-4-15-16-17/h4-5,11H,2-3,6-10,13H2,1H3,(H,14,18). The average Bonchev–Trinajstić information content (AvgIpc) is 2.96. The molecule has 1 aromatic rings. The average molecular weight is 285 g/mol. The maximum absolute atomic E-state index is 10.9. The third kappa shape index (κ3) is 7.82. The first-order valence-electron chi connectivity index (χ1n) is 6.68. The number of ether oxygens (including phenoxy) is 2. The normalized spacial score (nSPS) is 12.3.